The highest BCUT2D eigenvalue weighted by Crippen LogP contribution is 2.28. The van der Waals surface area contributed by atoms with Crippen molar-refractivity contribution < 1.29 is 4.39 Å². The van der Waals surface area contributed by atoms with E-state index in [1.54, 1.807) is 12.1 Å². The van der Waals surface area contributed by atoms with Crippen molar-refractivity contribution in [1.29, 1.82) is 0 Å². The minimum Gasteiger partial charge on any atom is -0.366 e. The zero-order valence-electron chi connectivity index (χ0n) is 11.1. The van der Waals surface area contributed by atoms with Crippen molar-refractivity contribution in [2.24, 2.45) is 5.41 Å². The van der Waals surface area contributed by atoms with Gasteiger partial charge in [-0.1, -0.05) is 32.4 Å². The molecule has 0 spiro atoms. The number of rotatable bonds is 1. The summed E-state index contributed by atoms with van der Waals surface area (Å²) in [7, 11) is 0. The Hall–Kier alpha value is -0.800. The van der Waals surface area contributed by atoms with E-state index in [-0.39, 0.29) is 11.2 Å². The molecule has 1 unspecified atom stereocenters. The topological polar surface area (TPSA) is 15.3 Å². The number of anilines is 1. The zero-order valence-corrected chi connectivity index (χ0v) is 11.9. The maximum Gasteiger partial charge on any atom is 0.146 e. The molecule has 1 heterocycles. The highest BCUT2D eigenvalue weighted by atomic mass is 35.5. The van der Waals surface area contributed by atoms with Crippen LogP contribution in [0, 0.1) is 11.2 Å². The fraction of sp³-hybridized carbons (Fsp3) is 0.571. The summed E-state index contributed by atoms with van der Waals surface area (Å²) in [6, 6.07) is 5.09. The van der Waals surface area contributed by atoms with Gasteiger partial charge < -0.3 is 10.2 Å². The summed E-state index contributed by atoms with van der Waals surface area (Å²) in [5.74, 6) is -0.200. The predicted molar refractivity (Wildman–Crippen MR) is 74.9 cm³/mol. The molecule has 0 saturated carbocycles. The van der Waals surface area contributed by atoms with Crippen molar-refractivity contribution in [1.82, 2.24) is 5.32 Å². The van der Waals surface area contributed by atoms with Gasteiger partial charge >= 0.3 is 0 Å². The van der Waals surface area contributed by atoms with Crippen LogP contribution in [0.5, 0.6) is 0 Å². The number of nitrogens with zero attached hydrogens (tertiary/aromatic N) is 1. The van der Waals surface area contributed by atoms with Crippen LogP contribution in [-0.2, 0) is 0 Å². The van der Waals surface area contributed by atoms with Crippen LogP contribution < -0.4 is 10.2 Å². The second kappa shape index (κ2) is 5.06. The molecule has 0 bridgehead atoms. The standard InChI is InChI=1S/C14H20ClFN2/c1-14(2,3)13-9-18(7-6-17-13)12-8-10(15)4-5-11(12)16/h4-5,8,13,17H,6-7,9H2,1-3H3. The summed E-state index contributed by atoms with van der Waals surface area (Å²) in [5.41, 5.74) is 0.770. The molecular weight excluding hydrogens is 251 g/mol. The van der Waals surface area contributed by atoms with Gasteiger partial charge in [0.25, 0.3) is 0 Å². The number of hydrogen-bond donors (Lipinski definition) is 1. The van der Waals surface area contributed by atoms with Gasteiger partial charge in [-0.25, -0.2) is 4.39 Å². The molecule has 18 heavy (non-hydrogen) atoms. The Bertz CT molecular complexity index is 428. The molecule has 100 valence electrons. The molecule has 1 saturated heterocycles. The minimum absolute atomic E-state index is 0.160. The van der Waals surface area contributed by atoms with Gasteiger partial charge in [0, 0.05) is 30.7 Å². The summed E-state index contributed by atoms with van der Waals surface area (Å²) < 4.78 is 13.9. The Morgan fingerprint density at radius 1 is 1.39 bits per heavy atom. The molecule has 1 N–H and O–H groups in total. The molecule has 0 aromatic heterocycles. The van der Waals surface area contributed by atoms with Crippen molar-refractivity contribution in [3.8, 4) is 0 Å². The molecule has 2 rings (SSSR count). The summed E-state index contributed by atoms with van der Waals surface area (Å²) in [6.45, 7) is 9.08. The van der Waals surface area contributed by atoms with E-state index in [4.69, 9.17) is 11.6 Å². The minimum atomic E-state index is -0.200. The van der Waals surface area contributed by atoms with Crippen LogP contribution >= 0.6 is 11.6 Å². The Morgan fingerprint density at radius 2 is 2.11 bits per heavy atom. The van der Waals surface area contributed by atoms with Crippen LogP contribution in [0.25, 0.3) is 0 Å². The van der Waals surface area contributed by atoms with E-state index in [9.17, 15) is 4.39 Å². The molecule has 1 atom stereocenters. The van der Waals surface area contributed by atoms with Crippen molar-refractivity contribution in [3.05, 3.63) is 29.0 Å². The number of piperazine rings is 1. The van der Waals surface area contributed by atoms with E-state index >= 15 is 0 Å². The molecule has 1 aliphatic rings. The fourth-order valence-corrected chi connectivity index (χ4v) is 2.44. The highest BCUT2D eigenvalue weighted by molar-refractivity contribution is 6.30. The highest BCUT2D eigenvalue weighted by Gasteiger charge is 2.30. The van der Waals surface area contributed by atoms with E-state index in [1.807, 2.05) is 0 Å². The quantitative estimate of drug-likeness (QED) is 0.842. The Balaban J connectivity index is 2.21. The van der Waals surface area contributed by atoms with Crippen molar-refractivity contribution in [2.75, 3.05) is 24.5 Å². The molecule has 4 heteroatoms. The van der Waals surface area contributed by atoms with E-state index in [1.165, 1.54) is 6.07 Å². The van der Waals surface area contributed by atoms with Crippen LogP contribution in [0.2, 0.25) is 5.02 Å². The van der Waals surface area contributed by atoms with Crippen LogP contribution in [0.3, 0.4) is 0 Å². The maximum absolute atomic E-state index is 13.9. The van der Waals surface area contributed by atoms with Gasteiger partial charge in [-0.05, 0) is 23.6 Å². The van der Waals surface area contributed by atoms with Crippen LogP contribution in [0.4, 0.5) is 10.1 Å². The Labute approximate surface area is 113 Å². The van der Waals surface area contributed by atoms with Gasteiger partial charge in [0.05, 0.1) is 5.69 Å². The second-order valence-electron chi connectivity index (χ2n) is 5.91. The van der Waals surface area contributed by atoms with Gasteiger partial charge in [0.15, 0.2) is 0 Å². The zero-order chi connectivity index (χ0) is 13.3. The first-order chi connectivity index (χ1) is 8.38. The Kier molecular flexibility index (Phi) is 3.83. The lowest BCUT2D eigenvalue weighted by molar-refractivity contribution is 0.253. The van der Waals surface area contributed by atoms with Crippen molar-refractivity contribution in [3.63, 3.8) is 0 Å². The lowest BCUT2D eigenvalue weighted by Crippen LogP contribution is -2.56. The number of nitrogens with one attached hydrogen (secondary N) is 1. The maximum atomic E-state index is 13.9. The van der Waals surface area contributed by atoms with E-state index in [0.717, 1.165) is 19.6 Å². The summed E-state index contributed by atoms with van der Waals surface area (Å²) in [4.78, 5) is 2.08. The first-order valence-corrected chi connectivity index (χ1v) is 6.69. The van der Waals surface area contributed by atoms with Gasteiger partial charge in [-0.2, -0.15) is 0 Å². The van der Waals surface area contributed by atoms with E-state index in [2.05, 4.69) is 31.0 Å². The molecule has 1 aromatic carbocycles. The molecule has 1 fully saturated rings. The summed E-state index contributed by atoms with van der Waals surface area (Å²) in [5, 5.41) is 4.08. The van der Waals surface area contributed by atoms with E-state index in [0.29, 0.717) is 16.8 Å². The lowest BCUT2D eigenvalue weighted by Gasteiger charge is -2.41. The first kappa shape index (κ1) is 13.6. The number of benzene rings is 1. The van der Waals surface area contributed by atoms with Crippen LogP contribution in [-0.4, -0.2) is 25.7 Å². The predicted octanol–water partition coefficient (Wildman–Crippen LogP) is 3.30. The number of halogens is 2. The van der Waals surface area contributed by atoms with Gasteiger partial charge in [0.2, 0.25) is 0 Å². The van der Waals surface area contributed by atoms with Gasteiger partial charge in [0.1, 0.15) is 5.82 Å². The average Bonchev–Trinajstić information content (AvgIpc) is 2.31. The molecule has 1 aromatic rings. The third-order valence-electron chi connectivity index (χ3n) is 3.47. The smallest absolute Gasteiger partial charge is 0.146 e. The largest absolute Gasteiger partial charge is 0.366 e. The third kappa shape index (κ3) is 2.96. The summed E-state index contributed by atoms with van der Waals surface area (Å²) in [6.07, 6.45) is 0. The molecule has 1 aliphatic heterocycles. The molecular formula is C14H20ClFN2. The Morgan fingerprint density at radius 3 is 2.78 bits per heavy atom. The van der Waals surface area contributed by atoms with Gasteiger partial charge in [-0.15, -0.1) is 0 Å². The normalized spacial score (nSPS) is 21.2. The third-order valence-corrected chi connectivity index (χ3v) is 3.70. The molecule has 0 aliphatic carbocycles. The van der Waals surface area contributed by atoms with Crippen LogP contribution in [0.15, 0.2) is 18.2 Å². The number of hydrogen-bond acceptors (Lipinski definition) is 2. The van der Waals surface area contributed by atoms with Crippen molar-refractivity contribution >= 4 is 17.3 Å². The van der Waals surface area contributed by atoms with Gasteiger partial charge in [-0.3, -0.25) is 0 Å². The average molecular weight is 271 g/mol. The summed E-state index contributed by atoms with van der Waals surface area (Å²) >= 11 is 5.95. The monoisotopic (exact) mass is 270 g/mol. The lowest BCUT2D eigenvalue weighted by atomic mass is 9.85. The van der Waals surface area contributed by atoms with Crippen molar-refractivity contribution in [2.45, 2.75) is 26.8 Å². The van der Waals surface area contributed by atoms with E-state index < -0.39 is 0 Å². The second-order valence-corrected chi connectivity index (χ2v) is 6.35. The molecule has 2 nitrogen and oxygen atoms in total. The SMILES string of the molecule is CC(C)(C)C1CN(c2cc(Cl)ccc2F)CCN1. The van der Waals surface area contributed by atoms with Crippen LogP contribution in [0.1, 0.15) is 20.8 Å². The molecule has 0 amide bonds. The fourth-order valence-electron chi connectivity index (χ4n) is 2.28. The first-order valence-electron chi connectivity index (χ1n) is 6.31. The molecule has 0 radical (unpaired) electrons.